The summed E-state index contributed by atoms with van der Waals surface area (Å²) in [6, 6.07) is 1.55. The summed E-state index contributed by atoms with van der Waals surface area (Å²) in [5.41, 5.74) is 0. The van der Waals surface area contributed by atoms with Crippen LogP contribution in [0.1, 0.15) is 9.67 Å². The number of rotatable bonds is 6. The third-order valence-electron chi connectivity index (χ3n) is 1.88. The first-order valence-corrected chi connectivity index (χ1v) is 5.80. The molecule has 2 amide bonds. The van der Waals surface area contributed by atoms with Gasteiger partial charge in [0.15, 0.2) is 0 Å². The minimum absolute atomic E-state index is 0.271. The summed E-state index contributed by atoms with van der Waals surface area (Å²) in [5, 5.41) is 14.5. The van der Waals surface area contributed by atoms with Gasteiger partial charge >= 0.3 is 5.97 Å². The molecule has 0 aromatic carbocycles. The third kappa shape index (κ3) is 4.42. The number of hydrogen-bond donors (Lipinski definition) is 3. The Bertz CT molecular complexity index is 457. The van der Waals surface area contributed by atoms with Crippen LogP contribution >= 0.6 is 11.3 Å². The SMILES string of the molecule is COc1csc(C(=O)NCC(=O)NCC(=O)O)c1. The Balaban J connectivity index is 2.36. The first-order chi connectivity index (χ1) is 8.52. The van der Waals surface area contributed by atoms with Crippen LogP contribution in [0.25, 0.3) is 0 Å². The molecule has 18 heavy (non-hydrogen) atoms. The molecule has 0 spiro atoms. The number of ether oxygens (including phenoxy) is 1. The molecule has 1 heterocycles. The second-order valence-corrected chi connectivity index (χ2v) is 4.12. The van der Waals surface area contributed by atoms with Gasteiger partial charge in [0.2, 0.25) is 5.91 Å². The number of amides is 2. The summed E-state index contributed by atoms with van der Waals surface area (Å²) >= 11 is 1.19. The monoisotopic (exact) mass is 272 g/mol. The van der Waals surface area contributed by atoms with Gasteiger partial charge in [-0.3, -0.25) is 14.4 Å². The largest absolute Gasteiger partial charge is 0.496 e. The number of carbonyl (C=O) groups excluding carboxylic acids is 2. The van der Waals surface area contributed by atoms with Gasteiger partial charge in [-0.25, -0.2) is 0 Å². The minimum Gasteiger partial charge on any atom is -0.496 e. The molecule has 0 aliphatic rings. The molecule has 1 aromatic heterocycles. The number of hydrogen-bond acceptors (Lipinski definition) is 5. The number of carboxylic acids is 1. The highest BCUT2D eigenvalue weighted by atomic mass is 32.1. The highest BCUT2D eigenvalue weighted by molar-refractivity contribution is 7.12. The molecule has 8 heteroatoms. The Morgan fingerprint density at radius 2 is 2.06 bits per heavy atom. The topological polar surface area (TPSA) is 105 Å². The minimum atomic E-state index is -1.14. The van der Waals surface area contributed by atoms with Crippen LogP contribution in [0.2, 0.25) is 0 Å². The van der Waals surface area contributed by atoms with Gasteiger partial charge in [-0.2, -0.15) is 0 Å². The lowest BCUT2D eigenvalue weighted by molar-refractivity contribution is -0.137. The molecule has 0 fully saturated rings. The van der Waals surface area contributed by atoms with Crippen molar-refractivity contribution >= 4 is 29.1 Å². The van der Waals surface area contributed by atoms with Gasteiger partial charge in [0.1, 0.15) is 12.3 Å². The number of thiophene rings is 1. The summed E-state index contributed by atoms with van der Waals surface area (Å²) in [6.07, 6.45) is 0. The maximum atomic E-state index is 11.6. The van der Waals surface area contributed by atoms with Gasteiger partial charge < -0.3 is 20.5 Å². The summed E-state index contributed by atoms with van der Waals surface area (Å²) in [4.78, 5) is 33.3. The second kappa shape index (κ2) is 6.60. The van der Waals surface area contributed by atoms with Crippen molar-refractivity contribution in [1.29, 1.82) is 0 Å². The number of methoxy groups -OCH3 is 1. The van der Waals surface area contributed by atoms with Crippen molar-refractivity contribution < 1.29 is 24.2 Å². The van der Waals surface area contributed by atoms with Crippen LogP contribution in [0.4, 0.5) is 0 Å². The molecule has 0 atom stereocenters. The number of nitrogens with one attached hydrogen (secondary N) is 2. The zero-order valence-electron chi connectivity index (χ0n) is 9.56. The average molecular weight is 272 g/mol. The molecule has 0 saturated heterocycles. The maximum absolute atomic E-state index is 11.6. The van der Waals surface area contributed by atoms with Crippen LogP contribution in [-0.4, -0.2) is 43.1 Å². The smallest absolute Gasteiger partial charge is 0.322 e. The second-order valence-electron chi connectivity index (χ2n) is 3.20. The van der Waals surface area contributed by atoms with E-state index in [0.29, 0.717) is 10.6 Å². The fraction of sp³-hybridized carbons (Fsp3) is 0.300. The van der Waals surface area contributed by atoms with E-state index in [1.807, 2.05) is 0 Å². The quantitative estimate of drug-likeness (QED) is 0.658. The van der Waals surface area contributed by atoms with Crippen LogP contribution in [0.15, 0.2) is 11.4 Å². The third-order valence-corrected chi connectivity index (χ3v) is 2.79. The van der Waals surface area contributed by atoms with Crippen molar-refractivity contribution in [3.8, 4) is 5.75 Å². The Morgan fingerprint density at radius 3 is 2.61 bits per heavy atom. The summed E-state index contributed by atoms with van der Waals surface area (Å²) in [5.74, 6) is -1.54. The number of carboxylic acid groups (broad SMARTS) is 1. The highest BCUT2D eigenvalue weighted by Crippen LogP contribution is 2.20. The van der Waals surface area contributed by atoms with Crippen LogP contribution in [0.5, 0.6) is 5.75 Å². The molecule has 0 aliphatic carbocycles. The zero-order valence-corrected chi connectivity index (χ0v) is 10.4. The zero-order chi connectivity index (χ0) is 13.5. The number of aliphatic carboxylic acids is 1. The van der Waals surface area contributed by atoms with E-state index < -0.39 is 24.3 Å². The van der Waals surface area contributed by atoms with Crippen LogP contribution in [0, 0.1) is 0 Å². The molecule has 3 N–H and O–H groups in total. The lowest BCUT2D eigenvalue weighted by Crippen LogP contribution is -2.38. The molecule has 1 aromatic rings. The Labute approximate surface area is 107 Å². The van der Waals surface area contributed by atoms with E-state index in [1.165, 1.54) is 18.4 Å². The molecule has 7 nitrogen and oxygen atoms in total. The predicted molar refractivity (Wildman–Crippen MR) is 63.8 cm³/mol. The van der Waals surface area contributed by atoms with Gasteiger partial charge in [0.05, 0.1) is 18.5 Å². The maximum Gasteiger partial charge on any atom is 0.322 e. The van der Waals surface area contributed by atoms with Gasteiger partial charge in [0.25, 0.3) is 5.91 Å². The standard InChI is InChI=1S/C10H12N2O5S/c1-17-6-2-7(18-5-6)10(16)12-3-8(13)11-4-9(14)15/h2,5H,3-4H2,1H3,(H,11,13)(H,12,16)(H,14,15). The summed E-state index contributed by atoms with van der Waals surface area (Å²) in [6.45, 7) is -0.742. The predicted octanol–water partition coefficient (Wildman–Crippen LogP) is -0.313. The van der Waals surface area contributed by atoms with Gasteiger partial charge in [-0.15, -0.1) is 11.3 Å². The normalized spacial score (nSPS) is 9.61. The van der Waals surface area contributed by atoms with E-state index in [0.717, 1.165) is 0 Å². The van der Waals surface area contributed by atoms with E-state index >= 15 is 0 Å². The van der Waals surface area contributed by atoms with Crippen LogP contribution in [-0.2, 0) is 9.59 Å². The van der Waals surface area contributed by atoms with Crippen molar-refractivity contribution in [3.05, 3.63) is 16.3 Å². The van der Waals surface area contributed by atoms with E-state index in [4.69, 9.17) is 9.84 Å². The molecule has 98 valence electrons. The van der Waals surface area contributed by atoms with Crippen molar-refractivity contribution in [1.82, 2.24) is 10.6 Å². The van der Waals surface area contributed by atoms with Crippen molar-refractivity contribution in [3.63, 3.8) is 0 Å². The lowest BCUT2D eigenvalue weighted by atomic mass is 10.4. The molecule has 0 radical (unpaired) electrons. The van der Waals surface area contributed by atoms with Crippen molar-refractivity contribution in [2.75, 3.05) is 20.2 Å². The fourth-order valence-electron chi connectivity index (χ4n) is 1.03. The molecule has 0 unspecified atom stereocenters. The molecular weight excluding hydrogens is 260 g/mol. The number of carbonyl (C=O) groups is 3. The summed E-state index contributed by atoms with van der Waals surface area (Å²) in [7, 11) is 1.49. The van der Waals surface area contributed by atoms with E-state index in [1.54, 1.807) is 11.4 Å². The van der Waals surface area contributed by atoms with Gasteiger partial charge in [-0.05, 0) is 0 Å². The van der Waals surface area contributed by atoms with Crippen molar-refractivity contribution in [2.24, 2.45) is 0 Å². The van der Waals surface area contributed by atoms with E-state index in [9.17, 15) is 14.4 Å². The van der Waals surface area contributed by atoms with E-state index in [-0.39, 0.29) is 6.54 Å². The van der Waals surface area contributed by atoms with Crippen LogP contribution < -0.4 is 15.4 Å². The van der Waals surface area contributed by atoms with Gasteiger partial charge in [0, 0.05) is 11.4 Å². The first kappa shape index (κ1) is 14.0. The lowest BCUT2D eigenvalue weighted by Gasteiger charge is -2.03. The Morgan fingerprint density at radius 1 is 1.33 bits per heavy atom. The molecular formula is C10H12N2O5S. The van der Waals surface area contributed by atoms with Crippen molar-refractivity contribution in [2.45, 2.75) is 0 Å². The van der Waals surface area contributed by atoms with Gasteiger partial charge in [-0.1, -0.05) is 0 Å². The average Bonchev–Trinajstić information content (AvgIpc) is 2.82. The highest BCUT2D eigenvalue weighted by Gasteiger charge is 2.11. The molecule has 0 bridgehead atoms. The van der Waals surface area contributed by atoms with E-state index in [2.05, 4.69) is 10.6 Å². The molecule has 0 saturated carbocycles. The first-order valence-electron chi connectivity index (χ1n) is 4.92. The summed E-state index contributed by atoms with van der Waals surface area (Å²) < 4.78 is 4.92. The molecule has 1 rings (SSSR count). The van der Waals surface area contributed by atoms with Crippen LogP contribution in [0.3, 0.4) is 0 Å². The molecule has 0 aliphatic heterocycles. The Hall–Kier alpha value is -2.09. The fourth-order valence-corrected chi connectivity index (χ4v) is 1.80. The Kier molecular flexibility index (Phi) is 5.12.